The van der Waals surface area contributed by atoms with Gasteiger partial charge >= 0.3 is 0 Å². The maximum Gasteiger partial charge on any atom is 0.255 e. The van der Waals surface area contributed by atoms with Crippen LogP contribution in [-0.2, 0) is 12.3 Å². The molecule has 2 aromatic carbocycles. The van der Waals surface area contributed by atoms with Crippen LogP contribution in [0.25, 0.3) is 0 Å². The monoisotopic (exact) mass is 410 g/mol. The molecule has 0 aliphatic carbocycles. The van der Waals surface area contributed by atoms with Crippen LogP contribution in [0.3, 0.4) is 0 Å². The summed E-state index contributed by atoms with van der Waals surface area (Å²) in [5.74, 6) is 2.96. The molecule has 1 amide bonds. The molecule has 0 saturated heterocycles. The van der Waals surface area contributed by atoms with Gasteiger partial charge in [0, 0.05) is 29.8 Å². The fourth-order valence-electron chi connectivity index (χ4n) is 3.22. The Hall–Kier alpha value is -2.93. The summed E-state index contributed by atoms with van der Waals surface area (Å²) in [5.41, 5.74) is 3.64. The predicted molar refractivity (Wildman–Crippen MR) is 110 cm³/mol. The lowest BCUT2D eigenvalue weighted by Crippen LogP contribution is -2.26. The van der Waals surface area contributed by atoms with Crippen molar-refractivity contribution < 1.29 is 18.8 Å². The summed E-state index contributed by atoms with van der Waals surface area (Å²) in [6.07, 6.45) is 0. The average molecular weight is 410 g/mol. The van der Waals surface area contributed by atoms with Crippen LogP contribution < -0.4 is 9.47 Å². The Morgan fingerprint density at radius 1 is 1.14 bits per heavy atom. The molecule has 1 aromatic heterocycles. The third kappa shape index (κ3) is 4.10. The van der Waals surface area contributed by atoms with Crippen molar-refractivity contribution in [1.82, 2.24) is 10.1 Å². The molecule has 0 fully saturated rings. The summed E-state index contributed by atoms with van der Waals surface area (Å²) in [6.45, 7) is 4.57. The Kier molecular flexibility index (Phi) is 5.49. The normalized spacial score (nSPS) is 12.2. The number of hydrogen-bond acceptors (Lipinski definition) is 6. The van der Waals surface area contributed by atoms with Crippen molar-refractivity contribution in [3.63, 3.8) is 0 Å². The Balaban J connectivity index is 1.48. The van der Waals surface area contributed by atoms with Crippen molar-refractivity contribution in [2.45, 2.75) is 31.0 Å². The third-order valence-electron chi connectivity index (χ3n) is 4.87. The van der Waals surface area contributed by atoms with Gasteiger partial charge in [-0.05, 0) is 43.7 Å². The second-order valence-corrected chi connectivity index (χ2v) is 7.95. The Bertz CT molecular complexity index is 1030. The van der Waals surface area contributed by atoms with Crippen LogP contribution >= 0.6 is 11.8 Å². The van der Waals surface area contributed by atoms with E-state index in [1.54, 1.807) is 16.7 Å². The van der Waals surface area contributed by atoms with Gasteiger partial charge in [0.15, 0.2) is 11.5 Å². The van der Waals surface area contributed by atoms with Gasteiger partial charge in [-0.3, -0.25) is 4.79 Å². The molecule has 0 unspecified atom stereocenters. The molecule has 0 N–H and O–H groups in total. The Labute approximate surface area is 173 Å². The molecule has 0 spiro atoms. The number of benzene rings is 2. The summed E-state index contributed by atoms with van der Waals surface area (Å²) >= 11 is 1.62. The fraction of sp³-hybridized carbons (Fsp3) is 0.273. The minimum absolute atomic E-state index is 0.0236. The van der Waals surface area contributed by atoms with Gasteiger partial charge in [-0.15, -0.1) is 11.8 Å². The van der Waals surface area contributed by atoms with Gasteiger partial charge in [0.05, 0.1) is 11.3 Å². The van der Waals surface area contributed by atoms with E-state index in [2.05, 4.69) is 5.16 Å². The molecule has 4 rings (SSSR count). The largest absolute Gasteiger partial charge is 0.454 e. The average Bonchev–Trinajstić information content (AvgIpc) is 3.32. The first kappa shape index (κ1) is 19.4. The minimum atomic E-state index is -0.0236. The molecule has 1 aliphatic heterocycles. The van der Waals surface area contributed by atoms with Crippen molar-refractivity contribution >= 4 is 17.7 Å². The number of carbonyl (C=O) groups is 1. The molecule has 150 valence electrons. The molecule has 7 heteroatoms. The number of aryl methyl sites for hydroxylation is 2. The highest BCUT2D eigenvalue weighted by molar-refractivity contribution is 7.98. The number of amides is 1. The molecule has 2 heterocycles. The van der Waals surface area contributed by atoms with Gasteiger partial charge in [0.2, 0.25) is 6.79 Å². The zero-order chi connectivity index (χ0) is 20.4. The molecule has 3 aromatic rings. The van der Waals surface area contributed by atoms with Crippen molar-refractivity contribution in [1.29, 1.82) is 0 Å². The van der Waals surface area contributed by atoms with Crippen molar-refractivity contribution in [3.05, 3.63) is 70.6 Å². The van der Waals surface area contributed by atoms with E-state index >= 15 is 0 Å². The maximum absolute atomic E-state index is 13.1. The highest BCUT2D eigenvalue weighted by atomic mass is 32.2. The first-order valence-electron chi connectivity index (χ1n) is 9.30. The molecule has 6 nitrogen and oxygen atoms in total. The number of ether oxygens (including phenoxy) is 2. The van der Waals surface area contributed by atoms with Crippen LogP contribution in [0.2, 0.25) is 0 Å². The number of fused-ring (bicyclic) bond motifs is 1. The summed E-state index contributed by atoms with van der Waals surface area (Å²) in [5, 5.41) is 4.00. The standard InChI is InChI=1S/C22H22N2O4S/c1-14-18(15(2)28-23-14)12-29-21-7-5-4-6-17(21)22(25)24(3)11-16-8-9-19-20(10-16)27-13-26-19/h4-10H,11-13H2,1-3H3. The topological polar surface area (TPSA) is 64.8 Å². The lowest BCUT2D eigenvalue weighted by Gasteiger charge is -2.19. The highest BCUT2D eigenvalue weighted by Crippen LogP contribution is 2.33. The number of rotatable bonds is 6. The molecule has 0 saturated carbocycles. The smallest absolute Gasteiger partial charge is 0.255 e. The first-order valence-corrected chi connectivity index (χ1v) is 10.3. The summed E-state index contributed by atoms with van der Waals surface area (Å²) in [4.78, 5) is 15.8. The van der Waals surface area contributed by atoms with E-state index in [0.717, 1.165) is 39.0 Å². The SMILES string of the molecule is Cc1noc(C)c1CSc1ccccc1C(=O)N(C)Cc1ccc2c(c1)OCO2. The number of carbonyl (C=O) groups excluding carboxylic acids is 1. The highest BCUT2D eigenvalue weighted by Gasteiger charge is 2.19. The molecule has 0 bridgehead atoms. The van der Waals surface area contributed by atoms with E-state index in [4.69, 9.17) is 14.0 Å². The quantitative estimate of drug-likeness (QED) is 0.554. The first-order chi connectivity index (χ1) is 14.0. The van der Waals surface area contributed by atoms with Crippen LogP contribution in [0.4, 0.5) is 0 Å². The van der Waals surface area contributed by atoms with Gasteiger partial charge in [-0.2, -0.15) is 0 Å². The number of nitrogens with zero attached hydrogens (tertiary/aromatic N) is 2. The van der Waals surface area contributed by atoms with Crippen molar-refractivity contribution in [3.8, 4) is 11.5 Å². The minimum Gasteiger partial charge on any atom is -0.454 e. The van der Waals surface area contributed by atoms with E-state index in [0.29, 0.717) is 17.9 Å². The summed E-state index contributed by atoms with van der Waals surface area (Å²) < 4.78 is 16.0. The zero-order valence-electron chi connectivity index (χ0n) is 16.6. The maximum atomic E-state index is 13.1. The molecular weight excluding hydrogens is 388 g/mol. The second kappa shape index (κ2) is 8.21. The van der Waals surface area contributed by atoms with E-state index < -0.39 is 0 Å². The lowest BCUT2D eigenvalue weighted by molar-refractivity contribution is 0.0781. The third-order valence-corrected chi connectivity index (χ3v) is 5.97. The fourth-order valence-corrected chi connectivity index (χ4v) is 4.42. The Morgan fingerprint density at radius 2 is 1.93 bits per heavy atom. The van der Waals surface area contributed by atoms with Crippen molar-refractivity contribution in [2.24, 2.45) is 0 Å². The summed E-state index contributed by atoms with van der Waals surface area (Å²) in [7, 11) is 1.81. The van der Waals surface area contributed by atoms with Gasteiger partial charge in [0.1, 0.15) is 5.76 Å². The van der Waals surface area contributed by atoms with Crippen LogP contribution in [-0.4, -0.2) is 29.8 Å². The molecule has 29 heavy (non-hydrogen) atoms. The van der Waals surface area contributed by atoms with E-state index in [1.807, 2.05) is 63.4 Å². The Morgan fingerprint density at radius 3 is 2.72 bits per heavy atom. The van der Waals surface area contributed by atoms with E-state index in [9.17, 15) is 4.79 Å². The van der Waals surface area contributed by atoms with Crippen LogP contribution in [0.5, 0.6) is 11.5 Å². The van der Waals surface area contributed by atoms with E-state index in [-0.39, 0.29) is 12.7 Å². The summed E-state index contributed by atoms with van der Waals surface area (Å²) in [6, 6.07) is 13.4. The van der Waals surface area contributed by atoms with E-state index in [1.165, 1.54) is 0 Å². The number of aromatic nitrogens is 1. The zero-order valence-corrected chi connectivity index (χ0v) is 17.4. The van der Waals surface area contributed by atoms with Gasteiger partial charge in [-0.1, -0.05) is 23.4 Å². The van der Waals surface area contributed by atoms with Crippen molar-refractivity contribution in [2.75, 3.05) is 13.8 Å². The van der Waals surface area contributed by atoms with Crippen LogP contribution in [0.1, 0.15) is 32.9 Å². The molecular formula is C22H22N2O4S. The lowest BCUT2D eigenvalue weighted by atomic mass is 10.1. The predicted octanol–water partition coefficient (Wildman–Crippen LogP) is 4.58. The van der Waals surface area contributed by atoms with Gasteiger partial charge < -0.3 is 18.9 Å². The molecule has 1 aliphatic rings. The molecule has 0 atom stereocenters. The molecule has 0 radical (unpaired) electrons. The van der Waals surface area contributed by atoms with Gasteiger partial charge in [0.25, 0.3) is 5.91 Å². The number of hydrogen-bond donors (Lipinski definition) is 0. The van der Waals surface area contributed by atoms with Crippen LogP contribution in [0, 0.1) is 13.8 Å². The van der Waals surface area contributed by atoms with Gasteiger partial charge in [-0.25, -0.2) is 0 Å². The van der Waals surface area contributed by atoms with Crippen LogP contribution in [0.15, 0.2) is 51.9 Å². The second-order valence-electron chi connectivity index (χ2n) is 6.94. The number of thioether (sulfide) groups is 1.